The number of carbonyl (C=O) groups excluding carboxylic acids is 1. The maximum absolute atomic E-state index is 11.9. The van der Waals surface area contributed by atoms with Gasteiger partial charge < -0.3 is 15.8 Å². The lowest BCUT2D eigenvalue weighted by molar-refractivity contribution is -0.126. The molecular weight excluding hydrogens is 337 g/mol. The van der Waals surface area contributed by atoms with Crippen LogP contribution >= 0.6 is 24.8 Å². The molecule has 0 aromatic heterocycles. The monoisotopic (exact) mass is 363 g/mol. The van der Waals surface area contributed by atoms with Crippen molar-refractivity contribution < 1.29 is 9.53 Å². The van der Waals surface area contributed by atoms with Gasteiger partial charge >= 0.3 is 0 Å². The largest absolute Gasteiger partial charge is 0.375 e. The summed E-state index contributed by atoms with van der Waals surface area (Å²) in [5.41, 5.74) is 6.80. The van der Waals surface area contributed by atoms with E-state index in [2.05, 4.69) is 34.5 Å². The van der Waals surface area contributed by atoms with Gasteiger partial charge in [-0.05, 0) is 12.5 Å². The van der Waals surface area contributed by atoms with Crippen LogP contribution in [0.1, 0.15) is 18.9 Å². The van der Waals surface area contributed by atoms with Crippen LogP contribution in [0.3, 0.4) is 0 Å². The van der Waals surface area contributed by atoms with Crippen LogP contribution in [0, 0.1) is 0 Å². The molecule has 0 saturated carbocycles. The highest BCUT2D eigenvalue weighted by Crippen LogP contribution is 2.12. The van der Waals surface area contributed by atoms with Crippen molar-refractivity contribution in [3.63, 3.8) is 0 Å². The number of benzene rings is 1. The third-order valence-electron chi connectivity index (χ3n) is 3.65. The van der Waals surface area contributed by atoms with Gasteiger partial charge in [0.05, 0.1) is 19.1 Å². The fourth-order valence-electron chi connectivity index (χ4n) is 2.49. The van der Waals surface area contributed by atoms with Crippen LogP contribution < -0.4 is 11.1 Å². The van der Waals surface area contributed by atoms with Crippen LogP contribution in [-0.4, -0.2) is 49.2 Å². The van der Waals surface area contributed by atoms with E-state index in [1.807, 2.05) is 13.0 Å². The van der Waals surface area contributed by atoms with Crippen molar-refractivity contribution in [2.24, 2.45) is 5.73 Å². The van der Waals surface area contributed by atoms with Gasteiger partial charge in [-0.2, -0.15) is 0 Å². The minimum Gasteiger partial charge on any atom is -0.375 e. The van der Waals surface area contributed by atoms with Gasteiger partial charge in [0.25, 0.3) is 0 Å². The highest BCUT2D eigenvalue weighted by molar-refractivity contribution is 5.85. The molecule has 1 saturated heterocycles. The van der Waals surface area contributed by atoms with Crippen molar-refractivity contribution in [1.29, 1.82) is 0 Å². The van der Waals surface area contributed by atoms with Gasteiger partial charge in [0, 0.05) is 32.2 Å². The van der Waals surface area contributed by atoms with Crippen molar-refractivity contribution in [2.75, 3.05) is 26.2 Å². The Morgan fingerprint density at radius 2 is 2.09 bits per heavy atom. The Balaban J connectivity index is 0.00000242. The number of morpholine rings is 1. The zero-order valence-corrected chi connectivity index (χ0v) is 15.1. The van der Waals surface area contributed by atoms with E-state index in [0.717, 1.165) is 19.6 Å². The molecule has 7 heteroatoms. The van der Waals surface area contributed by atoms with E-state index in [4.69, 9.17) is 10.5 Å². The van der Waals surface area contributed by atoms with E-state index in [-0.39, 0.29) is 42.9 Å². The minimum absolute atomic E-state index is 0. The molecular formula is C16H27Cl2N3O2. The second kappa shape index (κ2) is 11.6. The molecule has 2 atom stereocenters. The summed E-state index contributed by atoms with van der Waals surface area (Å²) in [6, 6.07) is 10.4. The standard InChI is InChI=1S/C16H25N3O2.2ClH/c1-13(10-17)18-16(20)9-15-12-19(7-8-21-15)11-14-5-3-2-4-6-14;;/h2-6,13,15H,7-12,17H2,1H3,(H,18,20);2*1H/t13-,15?;;/m0../s1. The first-order valence-corrected chi connectivity index (χ1v) is 7.54. The molecule has 0 spiro atoms. The summed E-state index contributed by atoms with van der Waals surface area (Å²) >= 11 is 0. The summed E-state index contributed by atoms with van der Waals surface area (Å²) in [6.45, 7) is 5.64. The molecule has 2 rings (SSSR count). The summed E-state index contributed by atoms with van der Waals surface area (Å²) in [4.78, 5) is 14.2. The maximum atomic E-state index is 11.9. The van der Waals surface area contributed by atoms with Gasteiger partial charge in [-0.15, -0.1) is 24.8 Å². The van der Waals surface area contributed by atoms with Crippen molar-refractivity contribution >= 4 is 30.7 Å². The lowest BCUT2D eigenvalue weighted by Crippen LogP contribution is -2.45. The number of hydrogen-bond donors (Lipinski definition) is 2. The van der Waals surface area contributed by atoms with Crippen LogP contribution in [0.2, 0.25) is 0 Å². The number of carbonyl (C=O) groups is 1. The summed E-state index contributed by atoms with van der Waals surface area (Å²) in [6.07, 6.45) is 0.364. The highest BCUT2D eigenvalue weighted by atomic mass is 35.5. The fraction of sp³-hybridized carbons (Fsp3) is 0.562. The molecule has 1 aliphatic heterocycles. The van der Waals surface area contributed by atoms with Gasteiger partial charge in [-0.1, -0.05) is 30.3 Å². The van der Waals surface area contributed by atoms with Crippen LogP contribution in [0.5, 0.6) is 0 Å². The molecule has 3 N–H and O–H groups in total. The maximum Gasteiger partial charge on any atom is 0.222 e. The molecule has 1 fully saturated rings. The molecule has 1 unspecified atom stereocenters. The third kappa shape index (κ3) is 7.99. The Labute approximate surface area is 150 Å². The summed E-state index contributed by atoms with van der Waals surface area (Å²) < 4.78 is 5.70. The van der Waals surface area contributed by atoms with Crippen molar-refractivity contribution in [1.82, 2.24) is 10.2 Å². The second-order valence-corrected chi connectivity index (χ2v) is 5.62. The first kappa shape index (κ1) is 22.1. The van der Waals surface area contributed by atoms with Crippen LogP contribution in [0.4, 0.5) is 0 Å². The molecule has 0 bridgehead atoms. The lowest BCUT2D eigenvalue weighted by Gasteiger charge is -2.32. The Morgan fingerprint density at radius 1 is 1.39 bits per heavy atom. The summed E-state index contributed by atoms with van der Waals surface area (Å²) in [5, 5.41) is 2.88. The molecule has 0 aliphatic carbocycles. The zero-order valence-electron chi connectivity index (χ0n) is 13.4. The average Bonchev–Trinajstić information content (AvgIpc) is 2.48. The number of hydrogen-bond acceptors (Lipinski definition) is 4. The molecule has 23 heavy (non-hydrogen) atoms. The molecule has 1 aromatic rings. The number of halogens is 2. The Bertz CT molecular complexity index is 448. The quantitative estimate of drug-likeness (QED) is 0.805. The fourth-order valence-corrected chi connectivity index (χ4v) is 2.49. The number of nitrogens with two attached hydrogens (primary N) is 1. The van der Waals surface area contributed by atoms with E-state index in [1.165, 1.54) is 5.56 Å². The van der Waals surface area contributed by atoms with E-state index < -0.39 is 0 Å². The number of nitrogens with zero attached hydrogens (tertiary/aromatic N) is 1. The summed E-state index contributed by atoms with van der Waals surface area (Å²) in [7, 11) is 0. The minimum atomic E-state index is -0.0348. The van der Waals surface area contributed by atoms with Crippen molar-refractivity contribution in [3.05, 3.63) is 35.9 Å². The molecule has 1 aliphatic rings. The molecule has 0 radical (unpaired) electrons. The topological polar surface area (TPSA) is 67.6 Å². The molecule has 1 amide bonds. The number of nitrogens with one attached hydrogen (secondary N) is 1. The Morgan fingerprint density at radius 3 is 2.74 bits per heavy atom. The van der Waals surface area contributed by atoms with Gasteiger partial charge in [0.2, 0.25) is 5.91 Å². The molecule has 132 valence electrons. The molecule has 5 nitrogen and oxygen atoms in total. The predicted molar refractivity (Wildman–Crippen MR) is 97.2 cm³/mol. The third-order valence-corrected chi connectivity index (χ3v) is 3.65. The van der Waals surface area contributed by atoms with E-state index in [9.17, 15) is 4.79 Å². The predicted octanol–water partition coefficient (Wildman–Crippen LogP) is 1.58. The van der Waals surface area contributed by atoms with Gasteiger partial charge in [0.1, 0.15) is 0 Å². The second-order valence-electron chi connectivity index (χ2n) is 5.62. The van der Waals surface area contributed by atoms with Gasteiger partial charge in [0.15, 0.2) is 0 Å². The van der Waals surface area contributed by atoms with Crippen molar-refractivity contribution in [2.45, 2.75) is 32.0 Å². The van der Waals surface area contributed by atoms with Crippen LogP contribution in [-0.2, 0) is 16.1 Å². The van der Waals surface area contributed by atoms with Gasteiger partial charge in [-0.25, -0.2) is 0 Å². The summed E-state index contributed by atoms with van der Waals surface area (Å²) in [5.74, 6) is 0.0134. The number of ether oxygens (including phenoxy) is 1. The zero-order chi connectivity index (χ0) is 15.1. The van der Waals surface area contributed by atoms with E-state index >= 15 is 0 Å². The molecule has 1 heterocycles. The number of rotatable bonds is 6. The molecule has 1 aromatic carbocycles. The normalized spacial score (nSPS) is 19.1. The smallest absolute Gasteiger partial charge is 0.222 e. The first-order valence-electron chi connectivity index (χ1n) is 7.54. The Kier molecular flexibility index (Phi) is 11.2. The van der Waals surface area contributed by atoms with E-state index in [0.29, 0.717) is 19.6 Å². The average molecular weight is 364 g/mol. The number of amides is 1. The highest BCUT2D eigenvalue weighted by Gasteiger charge is 2.23. The van der Waals surface area contributed by atoms with Crippen LogP contribution in [0.25, 0.3) is 0 Å². The first-order chi connectivity index (χ1) is 10.2. The van der Waals surface area contributed by atoms with Gasteiger partial charge in [-0.3, -0.25) is 9.69 Å². The van der Waals surface area contributed by atoms with Crippen molar-refractivity contribution in [3.8, 4) is 0 Å². The van der Waals surface area contributed by atoms with E-state index in [1.54, 1.807) is 0 Å². The SMILES string of the molecule is C[C@@H](CN)NC(=O)CC1CN(Cc2ccccc2)CCO1.Cl.Cl. The van der Waals surface area contributed by atoms with Crippen LogP contribution in [0.15, 0.2) is 30.3 Å². The Hall–Kier alpha value is -0.850. The lowest BCUT2D eigenvalue weighted by atomic mass is 10.1.